The highest BCUT2D eigenvalue weighted by Crippen LogP contribution is 2.28. The van der Waals surface area contributed by atoms with Crippen LogP contribution in [-0.4, -0.2) is 31.1 Å². The zero-order valence-corrected chi connectivity index (χ0v) is 13.1. The second-order valence-corrected chi connectivity index (χ2v) is 6.36. The van der Waals surface area contributed by atoms with Crippen LogP contribution in [0.4, 0.5) is 5.69 Å². The van der Waals surface area contributed by atoms with Gasteiger partial charge in [-0.15, -0.1) is 0 Å². The number of benzene rings is 1. The zero-order valence-electron chi connectivity index (χ0n) is 11.6. The van der Waals surface area contributed by atoms with Gasteiger partial charge < -0.3 is 10.2 Å². The lowest BCUT2D eigenvalue weighted by molar-refractivity contribution is 0.251. The quantitative estimate of drug-likeness (QED) is 0.816. The van der Waals surface area contributed by atoms with Crippen molar-refractivity contribution in [1.29, 1.82) is 0 Å². The minimum absolute atomic E-state index is 0.481. The highest BCUT2D eigenvalue weighted by molar-refractivity contribution is 6.42. The molecule has 0 aromatic heterocycles. The maximum Gasteiger partial charge on any atom is 0.0612 e. The molecule has 1 fully saturated rings. The minimum Gasteiger partial charge on any atom is -0.381 e. The van der Waals surface area contributed by atoms with Crippen molar-refractivity contribution in [2.24, 2.45) is 0 Å². The predicted octanol–water partition coefficient (Wildman–Crippen LogP) is 4.67. The van der Waals surface area contributed by atoms with E-state index in [0.717, 1.165) is 5.69 Å². The van der Waals surface area contributed by atoms with Gasteiger partial charge in [-0.25, -0.2) is 0 Å². The average Bonchev–Trinajstić information content (AvgIpc) is 2.59. The molecule has 2 rings (SSSR count). The van der Waals surface area contributed by atoms with E-state index in [4.69, 9.17) is 23.2 Å². The van der Waals surface area contributed by atoms with Gasteiger partial charge in [-0.3, -0.25) is 0 Å². The molecule has 106 valence electrons. The first-order chi connectivity index (χ1) is 9.08. The van der Waals surface area contributed by atoms with Crippen LogP contribution < -0.4 is 5.32 Å². The summed E-state index contributed by atoms with van der Waals surface area (Å²) in [7, 11) is 4.33. The number of hydrogen-bond acceptors (Lipinski definition) is 2. The number of nitrogens with zero attached hydrogens (tertiary/aromatic N) is 1. The minimum atomic E-state index is 0.481. The number of rotatable bonds is 3. The van der Waals surface area contributed by atoms with Crippen molar-refractivity contribution < 1.29 is 0 Å². The monoisotopic (exact) mass is 300 g/mol. The third-order valence-electron chi connectivity index (χ3n) is 3.91. The second-order valence-electron chi connectivity index (χ2n) is 5.55. The molecule has 0 unspecified atom stereocenters. The van der Waals surface area contributed by atoms with Gasteiger partial charge in [0.2, 0.25) is 0 Å². The van der Waals surface area contributed by atoms with E-state index in [2.05, 4.69) is 24.3 Å². The molecular formula is C15H22Cl2N2. The fraction of sp³-hybridized carbons (Fsp3) is 0.600. The molecule has 1 aliphatic carbocycles. The largest absolute Gasteiger partial charge is 0.381 e. The van der Waals surface area contributed by atoms with Crippen LogP contribution in [0.3, 0.4) is 0 Å². The Hall–Kier alpha value is -0.440. The number of anilines is 1. The highest BCUT2D eigenvalue weighted by atomic mass is 35.5. The first kappa shape index (κ1) is 15.0. The summed E-state index contributed by atoms with van der Waals surface area (Å²) in [6, 6.07) is 6.84. The lowest BCUT2D eigenvalue weighted by Crippen LogP contribution is -2.42. The van der Waals surface area contributed by atoms with E-state index in [9.17, 15) is 0 Å². The molecule has 1 saturated carbocycles. The van der Waals surface area contributed by atoms with Crippen LogP contribution in [-0.2, 0) is 0 Å². The Morgan fingerprint density at radius 2 is 1.79 bits per heavy atom. The molecule has 0 radical (unpaired) electrons. The van der Waals surface area contributed by atoms with Gasteiger partial charge in [0, 0.05) is 17.8 Å². The Balaban J connectivity index is 2.11. The summed E-state index contributed by atoms with van der Waals surface area (Å²) >= 11 is 12.0. The molecular weight excluding hydrogens is 279 g/mol. The Bertz CT molecular complexity index is 421. The van der Waals surface area contributed by atoms with Gasteiger partial charge in [-0.1, -0.05) is 42.5 Å². The molecule has 0 bridgehead atoms. The molecule has 0 spiro atoms. The molecule has 19 heavy (non-hydrogen) atoms. The first-order valence-corrected chi connectivity index (χ1v) is 7.71. The van der Waals surface area contributed by atoms with Gasteiger partial charge in [0.15, 0.2) is 0 Å². The summed E-state index contributed by atoms with van der Waals surface area (Å²) in [5, 5.41) is 4.86. The lowest BCUT2D eigenvalue weighted by Gasteiger charge is -2.32. The average molecular weight is 301 g/mol. The maximum absolute atomic E-state index is 6.08. The van der Waals surface area contributed by atoms with Crippen molar-refractivity contribution in [3.63, 3.8) is 0 Å². The van der Waals surface area contributed by atoms with Crippen LogP contribution in [0.25, 0.3) is 0 Å². The third-order valence-corrected chi connectivity index (χ3v) is 4.65. The summed E-state index contributed by atoms with van der Waals surface area (Å²) in [6.07, 6.45) is 6.42. The van der Waals surface area contributed by atoms with Crippen LogP contribution in [0.5, 0.6) is 0 Å². The van der Waals surface area contributed by atoms with Crippen molar-refractivity contribution in [2.75, 3.05) is 19.4 Å². The molecule has 2 atom stereocenters. The summed E-state index contributed by atoms with van der Waals surface area (Å²) in [5.41, 5.74) is 1.06. The van der Waals surface area contributed by atoms with Gasteiger partial charge in [0.1, 0.15) is 0 Å². The number of nitrogens with one attached hydrogen (secondary N) is 1. The summed E-state index contributed by atoms with van der Waals surface area (Å²) in [4.78, 5) is 2.33. The van der Waals surface area contributed by atoms with E-state index < -0.39 is 0 Å². The first-order valence-electron chi connectivity index (χ1n) is 6.96. The smallest absolute Gasteiger partial charge is 0.0612 e. The third kappa shape index (κ3) is 4.01. The number of hydrogen-bond donors (Lipinski definition) is 1. The number of likely N-dealkylation sites (N-methyl/N-ethyl adjacent to an activating group) is 1. The van der Waals surface area contributed by atoms with Crippen molar-refractivity contribution >= 4 is 28.9 Å². The van der Waals surface area contributed by atoms with E-state index in [1.165, 1.54) is 32.1 Å². The van der Waals surface area contributed by atoms with Crippen LogP contribution in [0.2, 0.25) is 10.0 Å². The molecule has 0 saturated heterocycles. The van der Waals surface area contributed by atoms with Crippen molar-refractivity contribution in [2.45, 2.75) is 44.2 Å². The Morgan fingerprint density at radius 1 is 1.05 bits per heavy atom. The highest BCUT2D eigenvalue weighted by Gasteiger charge is 2.25. The van der Waals surface area contributed by atoms with E-state index >= 15 is 0 Å². The van der Waals surface area contributed by atoms with E-state index in [1.807, 2.05) is 18.2 Å². The molecule has 0 amide bonds. The molecule has 0 aliphatic heterocycles. The lowest BCUT2D eigenvalue weighted by atomic mass is 10.0. The number of halogens is 2. The summed E-state index contributed by atoms with van der Waals surface area (Å²) in [5.74, 6) is 0. The van der Waals surface area contributed by atoms with Crippen molar-refractivity contribution in [3.8, 4) is 0 Å². The van der Waals surface area contributed by atoms with Gasteiger partial charge in [0.05, 0.1) is 10.0 Å². The van der Waals surface area contributed by atoms with Crippen LogP contribution in [0.15, 0.2) is 18.2 Å². The predicted molar refractivity (Wildman–Crippen MR) is 84.4 cm³/mol. The standard InChI is InChI=1S/C15H22Cl2N2/c1-19(2)15-7-5-3-4-6-14(15)18-11-8-9-12(16)13(17)10-11/h8-10,14-15,18H,3-7H2,1-2H3/t14-,15-/m1/s1. The van der Waals surface area contributed by atoms with E-state index in [1.54, 1.807) is 0 Å². The second kappa shape index (κ2) is 6.83. The molecule has 1 aromatic rings. The Labute approximate surface area is 126 Å². The summed E-state index contributed by atoms with van der Waals surface area (Å²) < 4.78 is 0. The van der Waals surface area contributed by atoms with Crippen LogP contribution in [0, 0.1) is 0 Å². The SMILES string of the molecule is CN(C)[C@@H]1CCCCC[C@H]1Nc1ccc(Cl)c(Cl)c1. The van der Waals surface area contributed by atoms with Crippen molar-refractivity contribution in [1.82, 2.24) is 4.90 Å². The van der Waals surface area contributed by atoms with Gasteiger partial charge in [-0.2, -0.15) is 0 Å². The molecule has 1 aromatic carbocycles. The van der Waals surface area contributed by atoms with Gasteiger partial charge >= 0.3 is 0 Å². The fourth-order valence-electron chi connectivity index (χ4n) is 2.87. The Morgan fingerprint density at radius 3 is 2.47 bits per heavy atom. The topological polar surface area (TPSA) is 15.3 Å². The molecule has 1 aliphatic rings. The Kier molecular flexibility index (Phi) is 5.37. The fourth-order valence-corrected chi connectivity index (χ4v) is 3.17. The van der Waals surface area contributed by atoms with Gasteiger partial charge in [-0.05, 0) is 45.1 Å². The normalized spacial score (nSPS) is 24.3. The molecule has 0 heterocycles. The van der Waals surface area contributed by atoms with E-state index in [0.29, 0.717) is 22.1 Å². The zero-order chi connectivity index (χ0) is 13.8. The van der Waals surface area contributed by atoms with Gasteiger partial charge in [0.25, 0.3) is 0 Å². The van der Waals surface area contributed by atoms with Crippen molar-refractivity contribution in [3.05, 3.63) is 28.2 Å². The summed E-state index contributed by atoms with van der Waals surface area (Å²) in [6.45, 7) is 0. The molecule has 2 nitrogen and oxygen atoms in total. The van der Waals surface area contributed by atoms with Crippen LogP contribution >= 0.6 is 23.2 Å². The van der Waals surface area contributed by atoms with Crippen LogP contribution in [0.1, 0.15) is 32.1 Å². The maximum atomic E-state index is 6.08. The molecule has 1 N–H and O–H groups in total. The molecule has 4 heteroatoms. The van der Waals surface area contributed by atoms with E-state index in [-0.39, 0.29) is 0 Å².